The molecule has 4 N–H and O–H groups in total. The Bertz CT molecular complexity index is 112. The van der Waals surface area contributed by atoms with Crippen LogP contribution >= 0.6 is 0 Å². The van der Waals surface area contributed by atoms with Crippen molar-refractivity contribution < 1.29 is 0 Å². The van der Waals surface area contributed by atoms with Gasteiger partial charge in [-0.05, 0) is 12.8 Å². The molecule has 10 heavy (non-hydrogen) atoms. The van der Waals surface area contributed by atoms with E-state index in [0.29, 0.717) is 12.1 Å². The van der Waals surface area contributed by atoms with Crippen molar-refractivity contribution in [2.45, 2.75) is 44.1 Å². The van der Waals surface area contributed by atoms with Crippen LogP contribution in [-0.4, -0.2) is 18.4 Å². The summed E-state index contributed by atoms with van der Waals surface area (Å²) < 4.78 is 0. The van der Waals surface area contributed by atoms with Gasteiger partial charge in [-0.3, -0.25) is 10.6 Å². The lowest BCUT2D eigenvalue weighted by Crippen LogP contribution is -2.41. The molecule has 1 saturated heterocycles. The first-order valence-corrected chi connectivity index (χ1v) is 4.14. The van der Waals surface area contributed by atoms with Gasteiger partial charge in [0.1, 0.15) is 6.29 Å². The average Bonchev–Trinajstić information content (AvgIpc) is 2.27. The SMILES string of the molecule is NC1N[C@H]2CCCC[C@H]2N1. The molecule has 2 rings (SSSR count). The van der Waals surface area contributed by atoms with Crippen LogP contribution in [-0.2, 0) is 0 Å². The Hall–Kier alpha value is -0.120. The van der Waals surface area contributed by atoms with Crippen molar-refractivity contribution >= 4 is 0 Å². The standard InChI is InChI=1S/C7H15N3/c8-7-9-5-3-1-2-4-6(5)10-7/h5-7,9-10H,1-4,8H2/t5-,6+,7?. The number of fused-ring (bicyclic) bond motifs is 1. The van der Waals surface area contributed by atoms with Gasteiger partial charge in [0, 0.05) is 12.1 Å². The topological polar surface area (TPSA) is 50.1 Å². The van der Waals surface area contributed by atoms with E-state index < -0.39 is 0 Å². The Kier molecular flexibility index (Phi) is 1.64. The van der Waals surface area contributed by atoms with Crippen LogP contribution < -0.4 is 16.4 Å². The number of nitrogens with one attached hydrogen (secondary N) is 2. The van der Waals surface area contributed by atoms with Crippen LogP contribution in [0.4, 0.5) is 0 Å². The predicted octanol–water partition coefficient (Wildman–Crippen LogP) is -0.267. The number of hydrogen-bond acceptors (Lipinski definition) is 3. The van der Waals surface area contributed by atoms with Crippen molar-refractivity contribution in [1.82, 2.24) is 10.6 Å². The van der Waals surface area contributed by atoms with Gasteiger partial charge in [0.2, 0.25) is 0 Å². The lowest BCUT2D eigenvalue weighted by atomic mass is 9.92. The van der Waals surface area contributed by atoms with E-state index >= 15 is 0 Å². The first kappa shape index (κ1) is 6.58. The van der Waals surface area contributed by atoms with E-state index in [1.807, 2.05) is 0 Å². The minimum Gasteiger partial charge on any atom is -0.304 e. The van der Waals surface area contributed by atoms with E-state index in [4.69, 9.17) is 5.73 Å². The summed E-state index contributed by atoms with van der Waals surface area (Å²) in [7, 11) is 0. The van der Waals surface area contributed by atoms with Gasteiger partial charge in [-0.1, -0.05) is 12.8 Å². The van der Waals surface area contributed by atoms with Crippen LogP contribution in [0.15, 0.2) is 0 Å². The molecular weight excluding hydrogens is 126 g/mol. The second-order valence-electron chi connectivity index (χ2n) is 3.31. The molecule has 0 aromatic rings. The molecule has 2 aliphatic rings. The molecule has 1 aliphatic carbocycles. The molecule has 0 radical (unpaired) electrons. The van der Waals surface area contributed by atoms with Crippen LogP contribution in [0, 0.1) is 0 Å². The number of rotatable bonds is 0. The van der Waals surface area contributed by atoms with E-state index in [-0.39, 0.29) is 6.29 Å². The van der Waals surface area contributed by atoms with Gasteiger partial charge in [-0.15, -0.1) is 0 Å². The van der Waals surface area contributed by atoms with Crippen LogP contribution in [0.2, 0.25) is 0 Å². The number of nitrogens with two attached hydrogens (primary N) is 1. The molecule has 3 heteroatoms. The van der Waals surface area contributed by atoms with Gasteiger partial charge >= 0.3 is 0 Å². The highest BCUT2D eigenvalue weighted by atomic mass is 15.3. The highest BCUT2D eigenvalue weighted by molar-refractivity contribution is 4.93. The summed E-state index contributed by atoms with van der Waals surface area (Å²) in [4.78, 5) is 0. The summed E-state index contributed by atoms with van der Waals surface area (Å²) in [5, 5.41) is 6.64. The number of hydrogen-bond donors (Lipinski definition) is 3. The fourth-order valence-corrected chi connectivity index (χ4v) is 2.04. The van der Waals surface area contributed by atoms with E-state index in [0.717, 1.165) is 0 Å². The maximum Gasteiger partial charge on any atom is 0.109 e. The molecule has 0 bridgehead atoms. The van der Waals surface area contributed by atoms with Crippen LogP contribution in [0.5, 0.6) is 0 Å². The monoisotopic (exact) mass is 141 g/mol. The molecule has 1 aliphatic heterocycles. The summed E-state index contributed by atoms with van der Waals surface area (Å²) >= 11 is 0. The second-order valence-corrected chi connectivity index (χ2v) is 3.31. The summed E-state index contributed by atoms with van der Waals surface area (Å²) in [6, 6.07) is 1.31. The Morgan fingerprint density at radius 3 is 2.00 bits per heavy atom. The second kappa shape index (κ2) is 2.49. The maximum absolute atomic E-state index is 5.67. The molecule has 0 amide bonds. The van der Waals surface area contributed by atoms with E-state index in [1.54, 1.807) is 0 Å². The Balaban J connectivity index is 1.97. The first-order valence-electron chi connectivity index (χ1n) is 4.14. The van der Waals surface area contributed by atoms with Crippen molar-refractivity contribution in [3.05, 3.63) is 0 Å². The molecule has 0 aromatic carbocycles. The Morgan fingerprint density at radius 2 is 1.50 bits per heavy atom. The Labute approximate surface area is 61.4 Å². The van der Waals surface area contributed by atoms with Crippen molar-refractivity contribution in [2.75, 3.05) is 0 Å². The van der Waals surface area contributed by atoms with Crippen molar-refractivity contribution in [1.29, 1.82) is 0 Å². The third kappa shape index (κ3) is 1.05. The molecule has 3 nitrogen and oxygen atoms in total. The molecule has 0 aromatic heterocycles. The van der Waals surface area contributed by atoms with E-state index in [2.05, 4.69) is 10.6 Å². The van der Waals surface area contributed by atoms with Crippen LogP contribution in [0.1, 0.15) is 25.7 Å². The van der Waals surface area contributed by atoms with Crippen molar-refractivity contribution in [2.24, 2.45) is 5.73 Å². The average molecular weight is 141 g/mol. The minimum absolute atomic E-state index is 0.0492. The lowest BCUT2D eigenvalue weighted by Gasteiger charge is -2.23. The quantitative estimate of drug-likeness (QED) is 0.435. The zero-order chi connectivity index (χ0) is 6.97. The third-order valence-corrected chi connectivity index (χ3v) is 2.55. The zero-order valence-electron chi connectivity index (χ0n) is 6.14. The van der Waals surface area contributed by atoms with Gasteiger partial charge < -0.3 is 5.73 Å². The first-order chi connectivity index (χ1) is 4.86. The zero-order valence-corrected chi connectivity index (χ0v) is 6.14. The van der Waals surface area contributed by atoms with E-state index in [1.165, 1.54) is 25.7 Å². The third-order valence-electron chi connectivity index (χ3n) is 2.55. The summed E-state index contributed by atoms with van der Waals surface area (Å²) in [6.07, 6.45) is 5.37. The van der Waals surface area contributed by atoms with Gasteiger partial charge in [-0.25, -0.2) is 0 Å². The van der Waals surface area contributed by atoms with Gasteiger partial charge in [-0.2, -0.15) is 0 Å². The molecular formula is C7H15N3. The maximum atomic E-state index is 5.67. The molecule has 2 fully saturated rings. The molecule has 3 atom stereocenters. The van der Waals surface area contributed by atoms with Gasteiger partial charge in [0.25, 0.3) is 0 Å². The summed E-state index contributed by atoms with van der Waals surface area (Å²) in [6.45, 7) is 0. The largest absolute Gasteiger partial charge is 0.304 e. The highest BCUT2D eigenvalue weighted by Crippen LogP contribution is 2.21. The molecule has 58 valence electrons. The fourth-order valence-electron chi connectivity index (χ4n) is 2.04. The smallest absolute Gasteiger partial charge is 0.109 e. The predicted molar refractivity (Wildman–Crippen MR) is 40.3 cm³/mol. The van der Waals surface area contributed by atoms with E-state index in [9.17, 15) is 0 Å². The summed E-state index contributed by atoms with van der Waals surface area (Å²) in [5.74, 6) is 0. The van der Waals surface area contributed by atoms with Gasteiger partial charge in [0.15, 0.2) is 0 Å². The van der Waals surface area contributed by atoms with Crippen molar-refractivity contribution in [3.63, 3.8) is 0 Å². The normalized spacial score (nSPS) is 47.1. The van der Waals surface area contributed by atoms with Gasteiger partial charge in [0.05, 0.1) is 0 Å². The molecule has 0 spiro atoms. The van der Waals surface area contributed by atoms with Crippen LogP contribution in [0.3, 0.4) is 0 Å². The van der Waals surface area contributed by atoms with Crippen molar-refractivity contribution in [3.8, 4) is 0 Å². The van der Waals surface area contributed by atoms with Crippen LogP contribution in [0.25, 0.3) is 0 Å². The minimum atomic E-state index is 0.0492. The molecule has 1 heterocycles. The molecule has 1 unspecified atom stereocenters. The molecule has 1 saturated carbocycles. The fraction of sp³-hybridized carbons (Fsp3) is 1.00. The Morgan fingerprint density at radius 1 is 1.00 bits per heavy atom. The highest BCUT2D eigenvalue weighted by Gasteiger charge is 2.32. The summed E-state index contributed by atoms with van der Waals surface area (Å²) in [5.41, 5.74) is 5.67. The lowest BCUT2D eigenvalue weighted by molar-refractivity contribution is 0.374.